The van der Waals surface area contributed by atoms with Crippen LogP contribution in [0.3, 0.4) is 0 Å². The van der Waals surface area contributed by atoms with Gasteiger partial charge in [-0.25, -0.2) is 0 Å². The molecule has 0 aliphatic carbocycles. The lowest BCUT2D eigenvalue weighted by Gasteiger charge is -2.06. The van der Waals surface area contributed by atoms with E-state index in [-0.39, 0.29) is 29.9 Å². The van der Waals surface area contributed by atoms with Gasteiger partial charge in [-0.15, -0.1) is 0 Å². The first-order valence-corrected chi connectivity index (χ1v) is 5.82. The van der Waals surface area contributed by atoms with Crippen molar-refractivity contribution >= 4 is 29.3 Å². The molecular formula is C12H12N4O4. The minimum Gasteiger partial charge on any atom is -0.347 e. The van der Waals surface area contributed by atoms with Gasteiger partial charge in [0.2, 0.25) is 0 Å². The van der Waals surface area contributed by atoms with E-state index < -0.39 is 23.6 Å². The molecule has 1 aromatic carbocycles. The average molecular weight is 276 g/mol. The van der Waals surface area contributed by atoms with Crippen LogP contribution in [-0.4, -0.2) is 36.7 Å². The average Bonchev–Trinajstić information content (AvgIpc) is 2.71. The summed E-state index contributed by atoms with van der Waals surface area (Å²) in [5, 5.41) is 6.77. The van der Waals surface area contributed by atoms with Gasteiger partial charge >= 0.3 is 11.8 Å². The fraction of sp³-hybridized carbons (Fsp3) is 0.167. The van der Waals surface area contributed by atoms with Crippen molar-refractivity contribution in [3.05, 3.63) is 29.3 Å². The molecule has 1 aliphatic heterocycles. The SMILES string of the molecule is NCCNC(=O)C(=O)Nc1ccc2c(c1)C(=O)NC2=O. The molecule has 2 rings (SSSR count). The number of benzene rings is 1. The topological polar surface area (TPSA) is 130 Å². The van der Waals surface area contributed by atoms with E-state index in [4.69, 9.17) is 5.73 Å². The van der Waals surface area contributed by atoms with Gasteiger partial charge in [0.1, 0.15) is 0 Å². The normalized spacial score (nSPS) is 12.7. The maximum atomic E-state index is 11.5. The smallest absolute Gasteiger partial charge is 0.313 e. The van der Waals surface area contributed by atoms with E-state index in [0.717, 1.165) is 0 Å². The van der Waals surface area contributed by atoms with E-state index in [0.29, 0.717) is 0 Å². The second kappa shape index (κ2) is 5.49. The lowest BCUT2D eigenvalue weighted by Crippen LogP contribution is -2.38. The van der Waals surface area contributed by atoms with Crippen molar-refractivity contribution in [3.63, 3.8) is 0 Å². The van der Waals surface area contributed by atoms with Crippen LogP contribution in [0.25, 0.3) is 0 Å². The molecule has 20 heavy (non-hydrogen) atoms. The highest BCUT2D eigenvalue weighted by atomic mass is 16.2. The fourth-order valence-corrected chi connectivity index (χ4v) is 1.70. The van der Waals surface area contributed by atoms with Crippen molar-refractivity contribution in [1.29, 1.82) is 0 Å². The summed E-state index contributed by atoms with van der Waals surface area (Å²) in [6.45, 7) is 0.410. The Morgan fingerprint density at radius 2 is 1.80 bits per heavy atom. The summed E-state index contributed by atoms with van der Waals surface area (Å²) >= 11 is 0. The molecule has 0 bridgehead atoms. The molecule has 0 saturated carbocycles. The van der Waals surface area contributed by atoms with Gasteiger partial charge in [-0.2, -0.15) is 0 Å². The molecule has 1 aliphatic rings. The van der Waals surface area contributed by atoms with Crippen LogP contribution in [0.2, 0.25) is 0 Å². The first kappa shape index (κ1) is 13.7. The zero-order valence-corrected chi connectivity index (χ0v) is 10.4. The molecule has 0 saturated heterocycles. The maximum absolute atomic E-state index is 11.5. The maximum Gasteiger partial charge on any atom is 0.313 e. The highest BCUT2D eigenvalue weighted by Gasteiger charge is 2.27. The Balaban J connectivity index is 2.10. The Morgan fingerprint density at radius 1 is 1.10 bits per heavy atom. The number of nitrogens with one attached hydrogen (secondary N) is 3. The Hall–Kier alpha value is -2.74. The molecule has 0 aromatic heterocycles. The molecule has 0 spiro atoms. The van der Waals surface area contributed by atoms with Gasteiger partial charge in [-0.05, 0) is 18.2 Å². The van der Waals surface area contributed by atoms with Crippen molar-refractivity contribution in [3.8, 4) is 0 Å². The molecule has 1 aromatic rings. The molecule has 104 valence electrons. The molecule has 0 atom stereocenters. The second-order valence-electron chi connectivity index (χ2n) is 4.04. The quantitative estimate of drug-likeness (QED) is 0.398. The van der Waals surface area contributed by atoms with Crippen molar-refractivity contribution in [2.75, 3.05) is 18.4 Å². The van der Waals surface area contributed by atoms with Gasteiger partial charge in [0.15, 0.2) is 0 Å². The lowest BCUT2D eigenvalue weighted by molar-refractivity contribution is -0.136. The number of imide groups is 1. The summed E-state index contributed by atoms with van der Waals surface area (Å²) in [5.74, 6) is -2.71. The Bertz CT molecular complexity index is 611. The van der Waals surface area contributed by atoms with Gasteiger partial charge in [0.05, 0.1) is 11.1 Å². The molecule has 8 nitrogen and oxygen atoms in total. The van der Waals surface area contributed by atoms with Crippen molar-refractivity contribution < 1.29 is 19.2 Å². The minimum atomic E-state index is -0.872. The summed E-state index contributed by atoms with van der Waals surface area (Å²) in [5.41, 5.74) is 5.85. The van der Waals surface area contributed by atoms with Crippen LogP contribution in [-0.2, 0) is 9.59 Å². The van der Waals surface area contributed by atoms with E-state index in [1.165, 1.54) is 18.2 Å². The predicted octanol–water partition coefficient (Wildman–Crippen LogP) is -1.42. The Morgan fingerprint density at radius 3 is 2.50 bits per heavy atom. The molecule has 0 unspecified atom stereocenters. The monoisotopic (exact) mass is 276 g/mol. The molecule has 8 heteroatoms. The molecule has 1 heterocycles. The molecule has 0 radical (unpaired) electrons. The number of hydrogen-bond acceptors (Lipinski definition) is 5. The van der Waals surface area contributed by atoms with Gasteiger partial charge in [0.25, 0.3) is 11.8 Å². The van der Waals surface area contributed by atoms with E-state index in [2.05, 4.69) is 16.0 Å². The van der Waals surface area contributed by atoms with Crippen LogP contribution < -0.4 is 21.7 Å². The summed E-state index contributed by atoms with van der Waals surface area (Å²) in [7, 11) is 0. The van der Waals surface area contributed by atoms with E-state index >= 15 is 0 Å². The van der Waals surface area contributed by atoms with E-state index in [1.54, 1.807) is 0 Å². The largest absolute Gasteiger partial charge is 0.347 e. The van der Waals surface area contributed by atoms with Crippen LogP contribution >= 0.6 is 0 Å². The number of anilines is 1. The number of carbonyl (C=O) groups is 4. The first-order valence-electron chi connectivity index (χ1n) is 5.82. The van der Waals surface area contributed by atoms with Gasteiger partial charge in [-0.3, -0.25) is 24.5 Å². The molecule has 0 fully saturated rings. The van der Waals surface area contributed by atoms with E-state index in [1.807, 2.05) is 0 Å². The number of nitrogens with two attached hydrogens (primary N) is 1. The number of rotatable bonds is 3. The van der Waals surface area contributed by atoms with Crippen molar-refractivity contribution in [1.82, 2.24) is 10.6 Å². The molecule has 4 amide bonds. The number of hydrogen-bond donors (Lipinski definition) is 4. The highest BCUT2D eigenvalue weighted by Crippen LogP contribution is 2.20. The Kier molecular flexibility index (Phi) is 3.76. The zero-order chi connectivity index (χ0) is 14.7. The number of fused-ring (bicyclic) bond motifs is 1. The third-order valence-electron chi connectivity index (χ3n) is 2.63. The van der Waals surface area contributed by atoms with Crippen LogP contribution in [0, 0.1) is 0 Å². The fourth-order valence-electron chi connectivity index (χ4n) is 1.70. The van der Waals surface area contributed by atoms with Crippen LogP contribution in [0.4, 0.5) is 5.69 Å². The summed E-state index contributed by atoms with van der Waals surface area (Å²) in [4.78, 5) is 45.7. The predicted molar refractivity (Wildman–Crippen MR) is 68.9 cm³/mol. The minimum absolute atomic E-state index is 0.162. The number of carbonyl (C=O) groups excluding carboxylic acids is 4. The third kappa shape index (κ3) is 2.64. The molecule has 5 N–H and O–H groups in total. The third-order valence-corrected chi connectivity index (χ3v) is 2.63. The summed E-state index contributed by atoms with van der Waals surface area (Å²) in [6, 6.07) is 4.18. The lowest BCUT2D eigenvalue weighted by atomic mass is 10.1. The zero-order valence-electron chi connectivity index (χ0n) is 10.4. The van der Waals surface area contributed by atoms with Gasteiger partial charge in [-0.1, -0.05) is 0 Å². The Labute approximate surface area is 113 Å². The second-order valence-corrected chi connectivity index (χ2v) is 4.04. The summed E-state index contributed by atoms with van der Waals surface area (Å²) < 4.78 is 0. The first-order chi connectivity index (χ1) is 9.52. The van der Waals surface area contributed by atoms with Gasteiger partial charge < -0.3 is 16.4 Å². The van der Waals surface area contributed by atoms with Gasteiger partial charge in [0, 0.05) is 18.8 Å². The van der Waals surface area contributed by atoms with E-state index in [9.17, 15) is 19.2 Å². The molecular weight excluding hydrogens is 264 g/mol. The van der Waals surface area contributed by atoms with Crippen molar-refractivity contribution in [2.24, 2.45) is 5.73 Å². The summed E-state index contributed by atoms with van der Waals surface area (Å²) in [6.07, 6.45) is 0. The van der Waals surface area contributed by atoms with Crippen LogP contribution in [0.5, 0.6) is 0 Å². The van der Waals surface area contributed by atoms with Crippen LogP contribution in [0.15, 0.2) is 18.2 Å². The number of amides is 4. The highest BCUT2D eigenvalue weighted by molar-refractivity contribution is 6.39. The van der Waals surface area contributed by atoms with Crippen molar-refractivity contribution in [2.45, 2.75) is 0 Å². The van der Waals surface area contributed by atoms with Crippen LogP contribution in [0.1, 0.15) is 20.7 Å². The standard InChI is InChI=1S/C12H12N4O4/c13-3-4-14-11(19)12(20)15-6-1-2-7-8(5-6)10(18)16-9(7)17/h1-2,5H,3-4,13H2,(H,14,19)(H,15,20)(H,16,17,18).